The number of nitro benzene ring substituents is 1. The van der Waals surface area contributed by atoms with Crippen molar-refractivity contribution in [2.45, 2.75) is 13.0 Å². The summed E-state index contributed by atoms with van der Waals surface area (Å²) in [7, 11) is 0. The van der Waals surface area contributed by atoms with Crippen molar-refractivity contribution >= 4 is 5.69 Å². The van der Waals surface area contributed by atoms with Crippen molar-refractivity contribution < 1.29 is 4.92 Å². The van der Waals surface area contributed by atoms with Crippen molar-refractivity contribution in [3.8, 4) is 6.07 Å². The van der Waals surface area contributed by atoms with Gasteiger partial charge in [-0.2, -0.15) is 5.26 Å². The molecule has 2 rings (SSSR count). The smallest absolute Gasteiger partial charge is 0.269 e. The van der Waals surface area contributed by atoms with Gasteiger partial charge in [-0.05, 0) is 36.2 Å². The molecule has 6 nitrogen and oxygen atoms in total. The highest BCUT2D eigenvalue weighted by molar-refractivity contribution is 5.33. The number of nitrogens with one attached hydrogen (secondary N) is 1. The van der Waals surface area contributed by atoms with E-state index in [2.05, 4.69) is 10.3 Å². The molecule has 0 radical (unpaired) electrons. The molecule has 0 saturated carbocycles. The van der Waals surface area contributed by atoms with Crippen LogP contribution >= 0.6 is 0 Å². The molecule has 6 heteroatoms. The highest BCUT2D eigenvalue weighted by Gasteiger charge is 2.03. The second-order valence-corrected chi connectivity index (χ2v) is 4.51. The number of non-ortho nitro benzene ring substituents is 1. The van der Waals surface area contributed by atoms with Crippen LogP contribution in [-0.4, -0.2) is 16.5 Å². The fourth-order valence-electron chi connectivity index (χ4n) is 1.90. The third kappa shape index (κ3) is 4.37. The van der Waals surface area contributed by atoms with Gasteiger partial charge in [0.15, 0.2) is 0 Å². The Morgan fingerprint density at radius 1 is 1.24 bits per heavy atom. The van der Waals surface area contributed by atoms with Crippen LogP contribution in [0.4, 0.5) is 5.69 Å². The summed E-state index contributed by atoms with van der Waals surface area (Å²) < 4.78 is 0. The largest absolute Gasteiger partial charge is 0.312 e. The van der Waals surface area contributed by atoms with E-state index in [1.807, 2.05) is 12.1 Å². The first-order valence-electron chi connectivity index (χ1n) is 6.48. The molecular weight excluding hydrogens is 268 g/mol. The molecule has 106 valence electrons. The van der Waals surface area contributed by atoms with Crippen LogP contribution in [0.3, 0.4) is 0 Å². The molecule has 2 aromatic rings. The molecule has 1 heterocycles. The van der Waals surface area contributed by atoms with Gasteiger partial charge in [0.2, 0.25) is 0 Å². The number of hydrogen-bond donors (Lipinski definition) is 1. The lowest BCUT2D eigenvalue weighted by Crippen LogP contribution is -2.16. The van der Waals surface area contributed by atoms with Gasteiger partial charge >= 0.3 is 0 Å². The van der Waals surface area contributed by atoms with E-state index < -0.39 is 4.92 Å². The second kappa shape index (κ2) is 7.12. The summed E-state index contributed by atoms with van der Waals surface area (Å²) in [5.74, 6) is 0. The number of hydrogen-bond acceptors (Lipinski definition) is 5. The van der Waals surface area contributed by atoms with Gasteiger partial charge in [-0.1, -0.05) is 12.1 Å². The number of nitriles is 1. The lowest BCUT2D eigenvalue weighted by Gasteiger charge is -2.05. The van der Waals surface area contributed by atoms with E-state index in [0.717, 1.165) is 24.1 Å². The highest BCUT2D eigenvalue weighted by atomic mass is 16.6. The van der Waals surface area contributed by atoms with Crippen LogP contribution in [0.5, 0.6) is 0 Å². The third-order valence-corrected chi connectivity index (χ3v) is 3.01. The zero-order valence-electron chi connectivity index (χ0n) is 11.3. The molecule has 0 amide bonds. The van der Waals surface area contributed by atoms with E-state index in [9.17, 15) is 10.1 Å². The Bertz CT molecular complexity index is 662. The zero-order valence-corrected chi connectivity index (χ0v) is 11.3. The first kappa shape index (κ1) is 14.6. The summed E-state index contributed by atoms with van der Waals surface area (Å²) in [6.45, 7) is 1.41. The van der Waals surface area contributed by atoms with E-state index in [1.165, 1.54) is 12.1 Å². The van der Waals surface area contributed by atoms with Crippen molar-refractivity contribution in [1.82, 2.24) is 10.3 Å². The minimum absolute atomic E-state index is 0.104. The Balaban J connectivity index is 1.79. The Morgan fingerprint density at radius 2 is 2.00 bits per heavy atom. The monoisotopic (exact) mass is 282 g/mol. The van der Waals surface area contributed by atoms with Crippen LogP contribution < -0.4 is 5.32 Å². The average Bonchev–Trinajstić information content (AvgIpc) is 2.52. The Labute approximate surface area is 122 Å². The fraction of sp³-hybridized carbons (Fsp3) is 0.200. The molecule has 0 aliphatic rings. The van der Waals surface area contributed by atoms with Gasteiger partial charge in [0.1, 0.15) is 11.8 Å². The standard InChI is InChI=1S/C15H14N4O2/c16-10-14-9-13(6-8-18-14)11-17-7-5-12-1-3-15(4-2-12)19(20)21/h1-4,6,8-9,17H,5,7,11H2. The summed E-state index contributed by atoms with van der Waals surface area (Å²) in [4.78, 5) is 14.1. The minimum Gasteiger partial charge on any atom is -0.312 e. The molecule has 0 aliphatic carbocycles. The zero-order chi connectivity index (χ0) is 15.1. The van der Waals surface area contributed by atoms with Crippen LogP contribution in [0.2, 0.25) is 0 Å². The van der Waals surface area contributed by atoms with Gasteiger partial charge in [0, 0.05) is 24.9 Å². The second-order valence-electron chi connectivity index (χ2n) is 4.51. The Kier molecular flexibility index (Phi) is 4.96. The van der Waals surface area contributed by atoms with Crippen molar-refractivity contribution in [3.63, 3.8) is 0 Å². The maximum Gasteiger partial charge on any atom is 0.269 e. The first-order valence-corrected chi connectivity index (χ1v) is 6.48. The third-order valence-electron chi connectivity index (χ3n) is 3.01. The highest BCUT2D eigenvalue weighted by Crippen LogP contribution is 2.12. The molecule has 0 unspecified atom stereocenters. The number of nitrogens with zero attached hydrogens (tertiary/aromatic N) is 3. The van der Waals surface area contributed by atoms with Gasteiger partial charge in [0.05, 0.1) is 4.92 Å². The topological polar surface area (TPSA) is 91.8 Å². The van der Waals surface area contributed by atoms with Crippen LogP contribution in [0.25, 0.3) is 0 Å². The lowest BCUT2D eigenvalue weighted by molar-refractivity contribution is -0.384. The van der Waals surface area contributed by atoms with Gasteiger partial charge in [-0.3, -0.25) is 10.1 Å². The van der Waals surface area contributed by atoms with E-state index in [0.29, 0.717) is 12.2 Å². The maximum atomic E-state index is 10.5. The Hall–Kier alpha value is -2.78. The van der Waals surface area contributed by atoms with E-state index >= 15 is 0 Å². The van der Waals surface area contributed by atoms with Gasteiger partial charge in [0.25, 0.3) is 5.69 Å². The van der Waals surface area contributed by atoms with Crippen molar-refractivity contribution in [3.05, 3.63) is 69.5 Å². The summed E-state index contributed by atoms with van der Waals surface area (Å²) in [6, 6.07) is 12.2. The quantitative estimate of drug-likeness (QED) is 0.498. The van der Waals surface area contributed by atoms with E-state index in [4.69, 9.17) is 5.26 Å². The SMILES string of the molecule is N#Cc1cc(CNCCc2ccc([N+](=O)[O-])cc2)ccn1. The lowest BCUT2D eigenvalue weighted by atomic mass is 10.1. The van der Waals surface area contributed by atoms with Crippen molar-refractivity contribution in [2.75, 3.05) is 6.54 Å². The molecule has 1 N–H and O–H groups in total. The maximum absolute atomic E-state index is 10.5. The number of rotatable bonds is 6. The van der Waals surface area contributed by atoms with Crippen LogP contribution in [0, 0.1) is 21.4 Å². The predicted molar refractivity (Wildman–Crippen MR) is 77.5 cm³/mol. The van der Waals surface area contributed by atoms with Gasteiger partial charge in [-0.15, -0.1) is 0 Å². The molecular formula is C15H14N4O2. The first-order chi connectivity index (χ1) is 10.2. The molecule has 0 bridgehead atoms. The van der Waals surface area contributed by atoms with Crippen molar-refractivity contribution in [2.24, 2.45) is 0 Å². The van der Waals surface area contributed by atoms with Crippen LogP contribution in [-0.2, 0) is 13.0 Å². The molecule has 0 aliphatic heterocycles. The number of pyridine rings is 1. The number of benzene rings is 1. The average molecular weight is 282 g/mol. The summed E-state index contributed by atoms with van der Waals surface area (Å²) in [6.07, 6.45) is 2.40. The molecule has 0 spiro atoms. The molecule has 0 fully saturated rings. The minimum atomic E-state index is -0.405. The predicted octanol–water partition coefficient (Wildman–Crippen LogP) is 2.19. The van der Waals surface area contributed by atoms with Gasteiger partial charge in [-0.25, -0.2) is 4.98 Å². The van der Waals surface area contributed by atoms with Crippen molar-refractivity contribution in [1.29, 1.82) is 5.26 Å². The molecule has 1 aromatic carbocycles. The number of nitro groups is 1. The summed E-state index contributed by atoms with van der Waals surface area (Å²) in [5.41, 5.74) is 2.56. The number of aromatic nitrogens is 1. The summed E-state index contributed by atoms with van der Waals surface area (Å²) in [5, 5.41) is 22.6. The van der Waals surface area contributed by atoms with E-state index in [-0.39, 0.29) is 5.69 Å². The van der Waals surface area contributed by atoms with E-state index in [1.54, 1.807) is 24.4 Å². The molecule has 1 aromatic heterocycles. The Morgan fingerprint density at radius 3 is 2.67 bits per heavy atom. The molecule has 0 saturated heterocycles. The van der Waals surface area contributed by atoms with Gasteiger partial charge < -0.3 is 5.32 Å². The molecule has 0 atom stereocenters. The molecule has 21 heavy (non-hydrogen) atoms. The van der Waals surface area contributed by atoms with Crippen LogP contribution in [0.15, 0.2) is 42.6 Å². The normalized spacial score (nSPS) is 10.0. The summed E-state index contributed by atoms with van der Waals surface area (Å²) >= 11 is 0. The fourth-order valence-corrected chi connectivity index (χ4v) is 1.90. The van der Waals surface area contributed by atoms with Crippen LogP contribution in [0.1, 0.15) is 16.8 Å².